The van der Waals surface area contributed by atoms with Gasteiger partial charge in [-0.2, -0.15) is 11.3 Å². The van der Waals surface area contributed by atoms with Crippen LogP contribution in [0.3, 0.4) is 0 Å². The van der Waals surface area contributed by atoms with Gasteiger partial charge in [0, 0.05) is 12.0 Å². The highest BCUT2D eigenvalue weighted by atomic mass is 32.1. The van der Waals surface area contributed by atoms with Gasteiger partial charge in [0.25, 0.3) is 0 Å². The van der Waals surface area contributed by atoms with Crippen LogP contribution in [0, 0.1) is 0 Å². The number of hydrogen-bond acceptors (Lipinski definition) is 2. The molecule has 0 saturated heterocycles. The molecule has 0 amide bonds. The molecule has 0 fully saturated rings. The number of rotatable bonds is 3. The Kier molecular flexibility index (Phi) is 3.05. The van der Waals surface area contributed by atoms with E-state index in [1.165, 1.54) is 0 Å². The summed E-state index contributed by atoms with van der Waals surface area (Å²) >= 11 is 1.58. The Morgan fingerprint density at radius 1 is 1.75 bits per heavy atom. The molecule has 0 unspecified atom stereocenters. The molecule has 0 radical (unpaired) electrons. The van der Waals surface area contributed by atoms with Gasteiger partial charge in [-0.05, 0) is 29.3 Å². The van der Waals surface area contributed by atoms with Gasteiger partial charge in [-0.1, -0.05) is 6.08 Å². The molecule has 0 aliphatic carbocycles. The minimum Gasteiger partial charge on any atom is -0.478 e. The smallest absolute Gasteiger partial charge is 0.331 e. The molecule has 2 nitrogen and oxygen atoms in total. The Morgan fingerprint density at radius 2 is 2.50 bits per heavy atom. The Bertz CT molecular complexity index is 285. The molecule has 0 spiro atoms. The van der Waals surface area contributed by atoms with Crippen LogP contribution in [-0.4, -0.2) is 11.1 Å². The maximum absolute atomic E-state index is 10.6. The number of carboxylic acids is 1. The first-order valence-corrected chi connectivity index (χ1v) is 4.58. The third kappa shape index (κ3) is 2.20. The molecule has 1 aromatic heterocycles. The molecule has 0 aromatic carbocycles. The van der Waals surface area contributed by atoms with Crippen LogP contribution in [0.15, 0.2) is 28.5 Å². The maximum atomic E-state index is 10.6. The van der Waals surface area contributed by atoms with Gasteiger partial charge in [0.1, 0.15) is 0 Å². The number of allylic oxidation sites excluding steroid dienone is 1. The van der Waals surface area contributed by atoms with Gasteiger partial charge >= 0.3 is 5.97 Å². The summed E-state index contributed by atoms with van der Waals surface area (Å²) in [6.45, 7) is 1.75. The number of aliphatic carboxylic acids is 1. The first-order chi connectivity index (χ1) is 5.74. The van der Waals surface area contributed by atoms with E-state index in [1.54, 1.807) is 24.3 Å². The van der Waals surface area contributed by atoms with Gasteiger partial charge in [-0.25, -0.2) is 4.79 Å². The van der Waals surface area contributed by atoms with Crippen molar-refractivity contribution >= 4 is 17.3 Å². The summed E-state index contributed by atoms with van der Waals surface area (Å²) in [5.41, 5.74) is 1.52. The number of thiophene rings is 1. The summed E-state index contributed by atoms with van der Waals surface area (Å²) in [5, 5.41) is 12.6. The number of hydrogen-bond donors (Lipinski definition) is 1. The Labute approximate surface area is 75.2 Å². The summed E-state index contributed by atoms with van der Waals surface area (Å²) < 4.78 is 0. The topological polar surface area (TPSA) is 37.3 Å². The quantitative estimate of drug-likeness (QED) is 0.728. The summed E-state index contributed by atoms with van der Waals surface area (Å²) in [7, 11) is 0. The average Bonchev–Trinajstić information content (AvgIpc) is 2.51. The van der Waals surface area contributed by atoms with E-state index in [0.29, 0.717) is 12.0 Å². The highest BCUT2D eigenvalue weighted by Gasteiger charge is 2.06. The minimum absolute atomic E-state index is 0.452. The maximum Gasteiger partial charge on any atom is 0.331 e. The van der Waals surface area contributed by atoms with Crippen LogP contribution in [-0.2, 0) is 11.2 Å². The van der Waals surface area contributed by atoms with Crippen molar-refractivity contribution in [2.75, 3.05) is 0 Å². The van der Waals surface area contributed by atoms with E-state index in [-0.39, 0.29) is 0 Å². The first kappa shape index (κ1) is 9.00. The second kappa shape index (κ2) is 4.07. The lowest BCUT2D eigenvalue weighted by molar-refractivity contribution is -0.132. The molecule has 0 bridgehead atoms. The molecule has 0 aliphatic heterocycles. The van der Waals surface area contributed by atoms with Crippen molar-refractivity contribution in [3.63, 3.8) is 0 Å². The second-order valence-corrected chi connectivity index (χ2v) is 3.21. The van der Waals surface area contributed by atoms with Crippen LogP contribution in [0.25, 0.3) is 0 Å². The normalized spacial score (nSPS) is 11.6. The molecule has 1 aromatic rings. The summed E-state index contributed by atoms with van der Waals surface area (Å²) in [5.74, 6) is -0.830. The van der Waals surface area contributed by atoms with Crippen molar-refractivity contribution in [2.24, 2.45) is 0 Å². The van der Waals surface area contributed by atoms with Crippen LogP contribution in [0.1, 0.15) is 12.5 Å². The van der Waals surface area contributed by atoms with Crippen molar-refractivity contribution in [1.82, 2.24) is 0 Å². The van der Waals surface area contributed by atoms with E-state index in [0.717, 1.165) is 5.56 Å². The van der Waals surface area contributed by atoms with Crippen LogP contribution in [0.4, 0.5) is 0 Å². The zero-order valence-electron chi connectivity index (χ0n) is 6.78. The lowest BCUT2D eigenvalue weighted by Gasteiger charge is -1.97. The monoisotopic (exact) mass is 182 g/mol. The molecule has 0 saturated carbocycles. The molecular weight excluding hydrogens is 172 g/mol. The minimum atomic E-state index is -0.830. The summed E-state index contributed by atoms with van der Waals surface area (Å²) in [4.78, 5) is 10.6. The lowest BCUT2D eigenvalue weighted by atomic mass is 10.1. The van der Waals surface area contributed by atoms with Crippen LogP contribution in [0.5, 0.6) is 0 Å². The molecular formula is C9H10O2S. The zero-order valence-corrected chi connectivity index (χ0v) is 7.60. The fourth-order valence-corrected chi connectivity index (χ4v) is 1.58. The van der Waals surface area contributed by atoms with Gasteiger partial charge in [-0.3, -0.25) is 0 Å². The van der Waals surface area contributed by atoms with E-state index >= 15 is 0 Å². The molecule has 3 heteroatoms. The largest absolute Gasteiger partial charge is 0.478 e. The van der Waals surface area contributed by atoms with Gasteiger partial charge in [-0.15, -0.1) is 0 Å². The number of carboxylic acid groups (broad SMARTS) is 1. The van der Waals surface area contributed by atoms with Gasteiger partial charge in [0.2, 0.25) is 0 Å². The lowest BCUT2D eigenvalue weighted by Crippen LogP contribution is -2.02. The van der Waals surface area contributed by atoms with E-state index in [4.69, 9.17) is 5.11 Å². The molecule has 12 heavy (non-hydrogen) atoms. The van der Waals surface area contributed by atoms with Gasteiger partial charge in [0.15, 0.2) is 0 Å². The molecule has 1 heterocycles. The Morgan fingerprint density at radius 3 is 2.92 bits per heavy atom. The fourth-order valence-electron chi connectivity index (χ4n) is 0.914. The van der Waals surface area contributed by atoms with Gasteiger partial charge < -0.3 is 5.11 Å². The van der Waals surface area contributed by atoms with E-state index in [2.05, 4.69) is 0 Å². The van der Waals surface area contributed by atoms with E-state index < -0.39 is 5.97 Å². The highest BCUT2D eigenvalue weighted by Crippen LogP contribution is 2.11. The predicted molar refractivity (Wildman–Crippen MR) is 49.4 cm³/mol. The zero-order chi connectivity index (χ0) is 8.97. The van der Waals surface area contributed by atoms with Crippen molar-refractivity contribution in [3.05, 3.63) is 34.0 Å². The Hall–Kier alpha value is -1.09. The van der Waals surface area contributed by atoms with Crippen molar-refractivity contribution in [2.45, 2.75) is 13.3 Å². The third-order valence-corrected chi connectivity index (χ3v) is 2.33. The predicted octanol–water partition coefficient (Wildman–Crippen LogP) is 2.32. The standard InChI is InChI=1S/C9H10O2S/c1-2-8(9(10)11)5-7-3-4-12-6-7/h2-4,6H,5H2,1H3,(H,10,11)/b8-2+. The average molecular weight is 182 g/mol. The molecule has 0 atom stereocenters. The number of carbonyl (C=O) groups is 1. The molecule has 1 N–H and O–H groups in total. The van der Waals surface area contributed by atoms with E-state index in [1.807, 2.05) is 16.8 Å². The van der Waals surface area contributed by atoms with Crippen LogP contribution in [0.2, 0.25) is 0 Å². The molecule has 64 valence electrons. The Balaban J connectivity index is 2.68. The van der Waals surface area contributed by atoms with Crippen molar-refractivity contribution in [3.8, 4) is 0 Å². The fraction of sp³-hybridized carbons (Fsp3) is 0.222. The second-order valence-electron chi connectivity index (χ2n) is 2.43. The third-order valence-electron chi connectivity index (χ3n) is 1.60. The SMILES string of the molecule is C/C=C(\Cc1ccsc1)C(=O)O. The van der Waals surface area contributed by atoms with Crippen molar-refractivity contribution < 1.29 is 9.90 Å². The summed E-state index contributed by atoms with van der Waals surface area (Å²) in [6.07, 6.45) is 2.16. The highest BCUT2D eigenvalue weighted by molar-refractivity contribution is 7.07. The van der Waals surface area contributed by atoms with E-state index in [9.17, 15) is 4.79 Å². The van der Waals surface area contributed by atoms with Crippen LogP contribution >= 0.6 is 11.3 Å². The first-order valence-electron chi connectivity index (χ1n) is 3.63. The van der Waals surface area contributed by atoms with Crippen molar-refractivity contribution in [1.29, 1.82) is 0 Å². The molecule has 0 aliphatic rings. The molecule has 1 rings (SSSR count). The van der Waals surface area contributed by atoms with Crippen LogP contribution < -0.4 is 0 Å². The van der Waals surface area contributed by atoms with Gasteiger partial charge in [0.05, 0.1) is 0 Å². The summed E-state index contributed by atoms with van der Waals surface area (Å²) in [6, 6.07) is 1.94.